The van der Waals surface area contributed by atoms with Crippen molar-refractivity contribution < 1.29 is 37.9 Å². The lowest BCUT2D eigenvalue weighted by molar-refractivity contribution is -0.137. The lowest BCUT2D eigenvalue weighted by Crippen LogP contribution is -2.58. The number of rotatable bonds is 15. The van der Waals surface area contributed by atoms with E-state index < -0.39 is 59.6 Å². The van der Waals surface area contributed by atoms with Crippen LogP contribution >= 0.6 is 0 Å². The maximum atomic E-state index is 13.5. The number of primary amides is 1. The summed E-state index contributed by atoms with van der Waals surface area (Å²) in [6.45, 7) is 6.94. The smallest absolute Gasteiger partial charge is 0.330 e. The number of carbonyl (C=O) groups excluding carboxylic acids is 5. The van der Waals surface area contributed by atoms with Crippen LogP contribution in [-0.2, 0) is 40.0 Å². The Hall–Kier alpha value is -4.26. The number of nitrogens with one attached hydrogen (secondary N) is 4. The monoisotopic (exact) mass is 575 g/mol. The van der Waals surface area contributed by atoms with E-state index in [-0.39, 0.29) is 31.8 Å². The van der Waals surface area contributed by atoms with Crippen molar-refractivity contribution in [3.05, 3.63) is 59.6 Å². The molecule has 1 aliphatic heterocycles. The van der Waals surface area contributed by atoms with E-state index >= 15 is 0 Å². The van der Waals surface area contributed by atoms with Crippen molar-refractivity contribution >= 4 is 29.6 Å². The van der Waals surface area contributed by atoms with Gasteiger partial charge in [-0.25, -0.2) is 9.18 Å². The summed E-state index contributed by atoms with van der Waals surface area (Å²) < 4.78 is 18.4. The average molecular weight is 576 g/mol. The molecule has 0 bridgehead atoms. The molecule has 0 aliphatic carbocycles. The predicted octanol–water partition coefficient (Wildman–Crippen LogP) is 0.671. The summed E-state index contributed by atoms with van der Waals surface area (Å²) in [5.41, 5.74) is 8.37. The Morgan fingerprint density at radius 3 is 2.34 bits per heavy atom. The van der Waals surface area contributed by atoms with Gasteiger partial charge in [-0.05, 0) is 50.0 Å². The van der Waals surface area contributed by atoms with Crippen molar-refractivity contribution in [2.24, 2.45) is 11.7 Å². The molecular formula is C28H38FN5O7. The van der Waals surface area contributed by atoms with E-state index in [2.05, 4.69) is 21.4 Å². The van der Waals surface area contributed by atoms with Gasteiger partial charge < -0.3 is 31.3 Å². The number of ether oxygens (including phenoxy) is 1. The molecule has 1 unspecified atom stereocenters. The Balaban J connectivity index is 2.25. The summed E-state index contributed by atoms with van der Waals surface area (Å²) in [6.07, 6.45) is 4.05. The van der Waals surface area contributed by atoms with E-state index in [0.29, 0.717) is 11.3 Å². The second-order valence-corrected chi connectivity index (χ2v) is 9.83. The highest BCUT2D eigenvalue weighted by atomic mass is 19.1. The Kier molecular flexibility index (Phi) is 12.9. The molecule has 0 radical (unpaired) electrons. The van der Waals surface area contributed by atoms with E-state index in [1.807, 2.05) is 0 Å². The van der Waals surface area contributed by atoms with Gasteiger partial charge in [0.25, 0.3) is 0 Å². The van der Waals surface area contributed by atoms with Gasteiger partial charge in [-0.2, -0.15) is 0 Å². The van der Waals surface area contributed by atoms with Crippen molar-refractivity contribution in [1.82, 2.24) is 21.4 Å². The van der Waals surface area contributed by atoms with Crippen LogP contribution in [0.25, 0.3) is 0 Å². The first-order valence-corrected chi connectivity index (χ1v) is 13.3. The second-order valence-electron chi connectivity index (χ2n) is 9.83. The lowest BCUT2D eigenvalue weighted by atomic mass is 10.00. The summed E-state index contributed by atoms with van der Waals surface area (Å²) >= 11 is 0. The number of hydroxylamine groups is 1. The first-order chi connectivity index (χ1) is 19.4. The first-order valence-electron chi connectivity index (χ1n) is 13.3. The van der Waals surface area contributed by atoms with Crippen LogP contribution in [0.15, 0.2) is 48.3 Å². The highest BCUT2D eigenvalue weighted by Crippen LogP contribution is 2.11. The molecule has 2 rings (SSSR count). The zero-order valence-electron chi connectivity index (χ0n) is 23.6. The van der Waals surface area contributed by atoms with Gasteiger partial charge >= 0.3 is 5.97 Å². The SMILES string of the molecule is CCOC(=O)/C=C/[C@H](CCC(N)=O)NC(=O)[C@H](Cc1ccc(F)cc1)NC(=O)[C@H](NC(=O)C1C=C(C)ON1)C(C)C. The van der Waals surface area contributed by atoms with Gasteiger partial charge in [-0.1, -0.05) is 32.1 Å². The molecule has 12 nitrogen and oxygen atoms in total. The zero-order chi connectivity index (χ0) is 30.5. The van der Waals surface area contributed by atoms with Gasteiger partial charge in [0.05, 0.1) is 6.61 Å². The van der Waals surface area contributed by atoms with E-state index in [4.69, 9.17) is 15.3 Å². The highest BCUT2D eigenvalue weighted by molar-refractivity contribution is 5.94. The number of nitrogens with two attached hydrogens (primary N) is 1. The van der Waals surface area contributed by atoms with Gasteiger partial charge in [0, 0.05) is 25.0 Å². The normalized spacial score (nSPS) is 16.7. The second kappa shape index (κ2) is 16.1. The Bertz CT molecular complexity index is 1150. The summed E-state index contributed by atoms with van der Waals surface area (Å²) in [6, 6.07) is 1.67. The van der Waals surface area contributed by atoms with Gasteiger partial charge in [0.2, 0.25) is 23.6 Å². The Labute approximate surface area is 238 Å². The van der Waals surface area contributed by atoms with Gasteiger partial charge in [0.1, 0.15) is 29.7 Å². The van der Waals surface area contributed by atoms with Gasteiger partial charge in [-0.15, -0.1) is 5.48 Å². The predicted molar refractivity (Wildman–Crippen MR) is 147 cm³/mol. The number of halogens is 1. The van der Waals surface area contributed by atoms with Crippen molar-refractivity contribution in [3.63, 3.8) is 0 Å². The van der Waals surface area contributed by atoms with Crippen LogP contribution in [0.3, 0.4) is 0 Å². The van der Waals surface area contributed by atoms with Gasteiger partial charge in [0.15, 0.2) is 0 Å². The van der Waals surface area contributed by atoms with Crippen LogP contribution in [-0.4, -0.2) is 60.4 Å². The number of carbonyl (C=O) groups is 5. The Morgan fingerprint density at radius 2 is 1.78 bits per heavy atom. The molecule has 0 saturated carbocycles. The molecule has 0 saturated heterocycles. The molecule has 224 valence electrons. The van der Waals surface area contributed by atoms with E-state index in [1.165, 1.54) is 30.3 Å². The van der Waals surface area contributed by atoms with Crippen molar-refractivity contribution in [2.45, 2.75) is 71.1 Å². The molecule has 13 heteroatoms. The minimum Gasteiger partial charge on any atom is -0.463 e. The average Bonchev–Trinajstić information content (AvgIpc) is 3.35. The number of benzene rings is 1. The minimum absolute atomic E-state index is 0.0132. The molecule has 41 heavy (non-hydrogen) atoms. The molecular weight excluding hydrogens is 537 g/mol. The maximum Gasteiger partial charge on any atom is 0.330 e. The zero-order valence-corrected chi connectivity index (χ0v) is 23.6. The quantitative estimate of drug-likeness (QED) is 0.150. The maximum absolute atomic E-state index is 13.5. The lowest BCUT2D eigenvalue weighted by Gasteiger charge is -2.27. The van der Waals surface area contributed by atoms with Crippen LogP contribution in [0.2, 0.25) is 0 Å². The molecule has 4 atom stereocenters. The largest absolute Gasteiger partial charge is 0.463 e. The van der Waals surface area contributed by atoms with Crippen molar-refractivity contribution in [2.75, 3.05) is 6.61 Å². The van der Waals surface area contributed by atoms with E-state index in [0.717, 1.165) is 6.08 Å². The molecule has 4 amide bonds. The van der Waals surface area contributed by atoms with Gasteiger partial charge in [-0.3, -0.25) is 19.2 Å². The van der Waals surface area contributed by atoms with E-state index in [9.17, 15) is 28.4 Å². The number of esters is 1. The summed E-state index contributed by atoms with van der Waals surface area (Å²) in [5, 5.41) is 8.08. The minimum atomic E-state index is -1.16. The third kappa shape index (κ3) is 11.4. The van der Waals surface area contributed by atoms with Crippen molar-refractivity contribution in [3.8, 4) is 0 Å². The van der Waals surface area contributed by atoms with Crippen LogP contribution in [0, 0.1) is 11.7 Å². The molecule has 6 N–H and O–H groups in total. The molecule has 0 aromatic heterocycles. The molecule has 0 fully saturated rings. The highest BCUT2D eigenvalue weighted by Gasteiger charge is 2.32. The fourth-order valence-electron chi connectivity index (χ4n) is 3.88. The summed E-state index contributed by atoms with van der Waals surface area (Å²) in [4.78, 5) is 67.8. The standard InChI is InChI=1S/C28H38FN5O7/c1-5-40-24(36)13-11-20(10-12-23(30)35)31-26(37)21(15-18-6-8-19(29)9-7-18)32-28(39)25(16(2)3)33-27(38)22-14-17(4)41-34-22/h6-9,11,13-14,16,20-22,25,34H,5,10,12,15H2,1-4H3,(H2,30,35)(H,31,37)(H,32,39)(H,33,38)/b13-11+/t20-,21-,22?,25+/m0/s1. The molecule has 1 aromatic carbocycles. The number of allylic oxidation sites excluding steroid dienone is 1. The fourth-order valence-corrected chi connectivity index (χ4v) is 3.88. The number of hydrogen-bond acceptors (Lipinski definition) is 8. The third-order valence-electron chi connectivity index (χ3n) is 6.04. The topological polar surface area (TPSA) is 178 Å². The summed E-state index contributed by atoms with van der Waals surface area (Å²) in [5.74, 6) is -3.30. The molecule has 1 aliphatic rings. The van der Waals surface area contributed by atoms with Crippen LogP contribution in [0.4, 0.5) is 4.39 Å². The van der Waals surface area contributed by atoms with Crippen molar-refractivity contribution in [1.29, 1.82) is 0 Å². The number of hydrogen-bond donors (Lipinski definition) is 5. The van der Waals surface area contributed by atoms with Crippen LogP contribution < -0.4 is 27.2 Å². The summed E-state index contributed by atoms with van der Waals surface area (Å²) in [7, 11) is 0. The Morgan fingerprint density at radius 1 is 1.10 bits per heavy atom. The fraction of sp³-hybridized carbons (Fsp3) is 0.464. The van der Waals surface area contributed by atoms with Crippen LogP contribution in [0.5, 0.6) is 0 Å². The number of amides is 4. The van der Waals surface area contributed by atoms with E-state index in [1.54, 1.807) is 33.8 Å². The molecule has 1 aromatic rings. The third-order valence-corrected chi connectivity index (χ3v) is 6.04. The van der Waals surface area contributed by atoms with Crippen LogP contribution in [0.1, 0.15) is 46.1 Å². The molecule has 1 heterocycles. The first kappa shape index (κ1) is 32.9. The molecule has 0 spiro atoms.